The fraction of sp³-hybridized carbons (Fsp3) is 0.474. The van der Waals surface area contributed by atoms with E-state index in [4.69, 9.17) is 0 Å². The van der Waals surface area contributed by atoms with E-state index in [1.54, 1.807) is 0 Å². The number of aromatic nitrogens is 1. The maximum absolute atomic E-state index is 12.1. The van der Waals surface area contributed by atoms with Gasteiger partial charge in [-0.15, -0.1) is 0 Å². The van der Waals surface area contributed by atoms with Gasteiger partial charge in [0.2, 0.25) is 11.8 Å². The van der Waals surface area contributed by atoms with Gasteiger partial charge in [-0.1, -0.05) is 31.5 Å². The van der Waals surface area contributed by atoms with Crippen LogP contribution in [0.25, 0.3) is 10.9 Å². The normalized spacial score (nSPS) is 19.2. The van der Waals surface area contributed by atoms with Crippen molar-refractivity contribution in [2.75, 3.05) is 13.1 Å². The average Bonchev–Trinajstić information content (AvgIpc) is 3.30. The molecule has 2 unspecified atom stereocenters. The van der Waals surface area contributed by atoms with Crippen molar-refractivity contribution in [3.8, 4) is 0 Å². The summed E-state index contributed by atoms with van der Waals surface area (Å²) >= 11 is 0. The largest absolute Gasteiger partial charge is 0.361 e. The van der Waals surface area contributed by atoms with Crippen molar-refractivity contribution in [3.05, 3.63) is 36.0 Å². The summed E-state index contributed by atoms with van der Waals surface area (Å²) in [5.74, 6) is -0.241. The van der Waals surface area contributed by atoms with Gasteiger partial charge in [0.25, 0.3) is 0 Å². The van der Waals surface area contributed by atoms with E-state index >= 15 is 0 Å². The number of rotatable bonds is 8. The number of aromatic amines is 1. The number of fused-ring (bicyclic) bond motifs is 1. The van der Waals surface area contributed by atoms with E-state index < -0.39 is 0 Å². The maximum Gasteiger partial charge on any atom is 0.223 e. The fourth-order valence-corrected chi connectivity index (χ4v) is 3.08. The van der Waals surface area contributed by atoms with Crippen LogP contribution in [0.5, 0.6) is 0 Å². The summed E-state index contributed by atoms with van der Waals surface area (Å²) in [5, 5.41) is 7.07. The van der Waals surface area contributed by atoms with Gasteiger partial charge in [-0.2, -0.15) is 0 Å². The van der Waals surface area contributed by atoms with Crippen molar-refractivity contribution in [2.24, 2.45) is 11.8 Å². The summed E-state index contributed by atoms with van der Waals surface area (Å²) in [6, 6.07) is 8.15. The third kappa shape index (κ3) is 3.78. The number of hydrogen-bond acceptors (Lipinski definition) is 2. The van der Waals surface area contributed by atoms with E-state index in [9.17, 15) is 9.59 Å². The standard InChI is InChI=1S/C19H25N3O2/c1-2-3-9-20-18(23)15-11-16(15)19(24)21-10-8-13-12-22-17-7-5-4-6-14(13)17/h4-7,12,15-16,22H,2-3,8-11H2,1H3,(H,20,23)(H,21,24). The predicted octanol–water partition coefficient (Wildman–Crippen LogP) is 2.38. The number of amides is 2. The monoisotopic (exact) mass is 327 g/mol. The van der Waals surface area contributed by atoms with Gasteiger partial charge in [-0.3, -0.25) is 9.59 Å². The minimum atomic E-state index is -0.144. The highest BCUT2D eigenvalue weighted by Crippen LogP contribution is 2.38. The molecule has 5 nitrogen and oxygen atoms in total. The Labute approximate surface area is 142 Å². The van der Waals surface area contributed by atoms with Crippen LogP contribution in [0.3, 0.4) is 0 Å². The second kappa shape index (κ2) is 7.51. The van der Waals surface area contributed by atoms with Gasteiger partial charge in [0.05, 0.1) is 11.8 Å². The number of benzene rings is 1. The van der Waals surface area contributed by atoms with Gasteiger partial charge in [-0.05, 0) is 30.9 Å². The molecule has 0 spiro atoms. The summed E-state index contributed by atoms with van der Waals surface area (Å²) in [4.78, 5) is 27.3. The van der Waals surface area contributed by atoms with Crippen molar-refractivity contribution >= 4 is 22.7 Å². The van der Waals surface area contributed by atoms with Gasteiger partial charge in [0, 0.05) is 30.2 Å². The summed E-state index contributed by atoms with van der Waals surface area (Å²) in [5.41, 5.74) is 2.32. The molecule has 1 fully saturated rings. The summed E-state index contributed by atoms with van der Waals surface area (Å²) in [6.45, 7) is 3.40. The van der Waals surface area contributed by atoms with E-state index in [2.05, 4.69) is 28.6 Å². The Morgan fingerprint density at radius 2 is 1.83 bits per heavy atom. The van der Waals surface area contributed by atoms with Gasteiger partial charge in [0.1, 0.15) is 0 Å². The van der Waals surface area contributed by atoms with Crippen molar-refractivity contribution < 1.29 is 9.59 Å². The van der Waals surface area contributed by atoms with Crippen LogP contribution in [0.4, 0.5) is 0 Å². The average molecular weight is 327 g/mol. The van der Waals surface area contributed by atoms with Gasteiger partial charge < -0.3 is 15.6 Å². The molecule has 128 valence electrons. The first-order chi connectivity index (χ1) is 11.7. The van der Waals surface area contributed by atoms with Crippen LogP contribution in [0.15, 0.2) is 30.5 Å². The Morgan fingerprint density at radius 1 is 1.12 bits per heavy atom. The van der Waals surface area contributed by atoms with E-state index in [1.807, 2.05) is 24.4 Å². The molecule has 1 aromatic heterocycles. The Balaban J connectivity index is 1.41. The molecular formula is C19H25N3O2. The molecule has 2 aromatic rings. The lowest BCUT2D eigenvalue weighted by molar-refractivity contribution is -0.127. The first-order valence-electron chi connectivity index (χ1n) is 8.81. The molecule has 0 radical (unpaired) electrons. The molecule has 1 aromatic carbocycles. The van der Waals surface area contributed by atoms with Crippen LogP contribution in [0.2, 0.25) is 0 Å². The van der Waals surface area contributed by atoms with Crippen molar-refractivity contribution in [2.45, 2.75) is 32.6 Å². The van der Waals surface area contributed by atoms with Crippen LogP contribution < -0.4 is 10.6 Å². The Bertz CT molecular complexity index is 722. The van der Waals surface area contributed by atoms with Crippen LogP contribution in [0.1, 0.15) is 31.7 Å². The molecule has 1 saturated carbocycles. The van der Waals surface area contributed by atoms with Gasteiger partial charge in [-0.25, -0.2) is 0 Å². The highest BCUT2D eigenvalue weighted by Gasteiger charge is 2.47. The zero-order chi connectivity index (χ0) is 16.9. The quantitative estimate of drug-likeness (QED) is 0.651. The summed E-state index contributed by atoms with van der Waals surface area (Å²) in [7, 11) is 0. The highest BCUT2D eigenvalue weighted by atomic mass is 16.2. The molecule has 0 bridgehead atoms. The fourth-order valence-electron chi connectivity index (χ4n) is 3.08. The smallest absolute Gasteiger partial charge is 0.223 e. The second-order valence-corrected chi connectivity index (χ2v) is 6.49. The molecule has 1 aliphatic rings. The minimum Gasteiger partial charge on any atom is -0.361 e. The predicted molar refractivity (Wildman–Crippen MR) is 94.5 cm³/mol. The molecule has 0 saturated heterocycles. The number of nitrogens with one attached hydrogen (secondary N) is 3. The molecular weight excluding hydrogens is 302 g/mol. The van der Waals surface area contributed by atoms with E-state index in [-0.39, 0.29) is 23.7 Å². The number of hydrogen-bond donors (Lipinski definition) is 3. The van der Waals surface area contributed by atoms with Crippen molar-refractivity contribution in [1.29, 1.82) is 0 Å². The molecule has 2 atom stereocenters. The number of para-hydroxylation sites is 1. The number of unbranched alkanes of at least 4 members (excludes halogenated alkanes) is 1. The Morgan fingerprint density at radius 3 is 2.58 bits per heavy atom. The lowest BCUT2D eigenvalue weighted by Crippen LogP contribution is -2.31. The Hall–Kier alpha value is -2.30. The van der Waals surface area contributed by atoms with Crippen LogP contribution in [0, 0.1) is 11.8 Å². The van der Waals surface area contributed by atoms with Gasteiger partial charge >= 0.3 is 0 Å². The number of carbonyl (C=O) groups excluding carboxylic acids is 2. The zero-order valence-electron chi connectivity index (χ0n) is 14.1. The zero-order valence-corrected chi connectivity index (χ0v) is 14.1. The molecule has 5 heteroatoms. The van der Waals surface area contributed by atoms with E-state index in [1.165, 1.54) is 10.9 Å². The summed E-state index contributed by atoms with van der Waals surface area (Å²) in [6.07, 6.45) is 5.51. The first-order valence-corrected chi connectivity index (χ1v) is 8.81. The molecule has 1 heterocycles. The van der Waals surface area contributed by atoms with E-state index in [0.717, 1.165) is 24.8 Å². The lowest BCUT2D eigenvalue weighted by Gasteiger charge is -2.05. The molecule has 1 aliphatic carbocycles. The topological polar surface area (TPSA) is 74.0 Å². The second-order valence-electron chi connectivity index (χ2n) is 6.49. The van der Waals surface area contributed by atoms with Crippen LogP contribution in [-0.4, -0.2) is 29.9 Å². The van der Waals surface area contributed by atoms with Crippen LogP contribution in [-0.2, 0) is 16.0 Å². The van der Waals surface area contributed by atoms with Crippen molar-refractivity contribution in [3.63, 3.8) is 0 Å². The maximum atomic E-state index is 12.1. The first kappa shape index (κ1) is 16.6. The Kier molecular flexibility index (Phi) is 5.18. The van der Waals surface area contributed by atoms with Gasteiger partial charge in [0.15, 0.2) is 0 Å². The third-order valence-electron chi connectivity index (χ3n) is 4.66. The number of carbonyl (C=O) groups is 2. The SMILES string of the molecule is CCCCNC(=O)C1CC1C(=O)NCCc1c[nH]c2ccccc12. The molecule has 24 heavy (non-hydrogen) atoms. The number of H-pyrrole nitrogens is 1. The minimum absolute atomic E-state index is 0.00508. The molecule has 2 amide bonds. The third-order valence-corrected chi connectivity index (χ3v) is 4.66. The van der Waals surface area contributed by atoms with Crippen molar-refractivity contribution in [1.82, 2.24) is 15.6 Å². The lowest BCUT2D eigenvalue weighted by atomic mass is 10.1. The van der Waals surface area contributed by atoms with E-state index in [0.29, 0.717) is 19.5 Å². The molecule has 3 N–H and O–H groups in total. The summed E-state index contributed by atoms with van der Waals surface area (Å²) < 4.78 is 0. The highest BCUT2D eigenvalue weighted by molar-refractivity contribution is 5.92. The molecule has 0 aliphatic heterocycles. The van der Waals surface area contributed by atoms with Crippen LogP contribution >= 0.6 is 0 Å². The molecule has 3 rings (SSSR count).